The second kappa shape index (κ2) is 11.0. The van der Waals surface area contributed by atoms with Gasteiger partial charge in [0.05, 0.1) is 35.2 Å². The van der Waals surface area contributed by atoms with Gasteiger partial charge in [-0.1, -0.05) is 91.0 Å². The monoisotopic (exact) mass is 626 g/mol. The maximum absolute atomic E-state index is 11.7. The Morgan fingerprint density at radius 2 is 0.980 bits per heavy atom. The number of phenolic OH excluding ortho intramolecular Hbond substituents is 1. The molecule has 0 bridgehead atoms. The van der Waals surface area contributed by atoms with Crippen molar-refractivity contribution in [2.75, 3.05) is 0 Å². The van der Waals surface area contributed by atoms with Crippen LogP contribution in [0.2, 0.25) is 0 Å². The molecule has 0 radical (unpaired) electrons. The molecule has 5 nitrogen and oxygen atoms in total. The van der Waals surface area contributed by atoms with Gasteiger partial charge in [0.1, 0.15) is 5.75 Å². The highest BCUT2D eigenvalue weighted by molar-refractivity contribution is 6.11. The van der Waals surface area contributed by atoms with Gasteiger partial charge in [-0.25, -0.2) is 9.69 Å². The fourth-order valence-electron chi connectivity index (χ4n) is 7.26. The molecule has 0 atom stereocenters. The van der Waals surface area contributed by atoms with E-state index in [0.717, 1.165) is 60.9 Å². The second-order valence-corrected chi connectivity index (χ2v) is 12.1. The van der Waals surface area contributed by atoms with Crippen LogP contribution in [-0.2, 0) is 0 Å². The van der Waals surface area contributed by atoms with Crippen molar-refractivity contribution in [1.82, 2.24) is 9.13 Å². The summed E-state index contributed by atoms with van der Waals surface area (Å²) in [6, 6.07) is 50.5. The minimum absolute atomic E-state index is 0.146. The molecule has 0 spiro atoms. The highest BCUT2D eigenvalue weighted by Crippen LogP contribution is 2.42. The Morgan fingerprint density at radius 3 is 1.65 bits per heavy atom. The van der Waals surface area contributed by atoms with Crippen LogP contribution >= 0.6 is 0 Å². The number of hydrogen-bond acceptors (Lipinski definition) is 1. The molecule has 7 aromatic carbocycles. The number of hydrogen-bond donors (Lipinski definition) is 1. The lowest BCUT2D eigenvalue weighted by molar-refractivity contribution is 0.477. The van der Waals surface area contributed by atoms with Crippen LogP contribution in [0.25, 0.3) is 86.9 Å². The number of benzene rings is 7. The Labute approximate surface area is 282 Å². The van der Waals surface area contributed by atoms with Gasteiger partial charge in [0, 0.05) is 38.7 Å². The van der Waals surface area contributed by atoms with Gasteiger partial charge in [-0.2, -0.15) is 0 Å². The van der Waals surface area contributed by atoms with Crippen LogP contribution in [0.1, 0.15) is 0 Å². The molecule has 0 unspecified atom stereocenters. The lowest BCUT2D eigenvalue weighted by Crippen LogP contribution is -1.97. The Hall–Kier alpha value is -7.08. The molecule has 0 saturated heterocycles. The highest BCUT2D eigenvalue weighted by Gasteiger charge is 2.19. The predicted octanol–water partition coefficient (Wildman–Crippen LogP) is 12.0. The molecule has 0 saturated carbocycles. The number of phenols is 1. The minimum atomic E-state index is 0.146. The second-order valence-electron chi connectivity index (χ2n) is 12.1. The first-order valence-electron chi connectivity index (χ1n) is 16.0. The summed E-state index contributed by atoms with van der Waals surface area (Å²) < 4.78 is 4.42. The van der Waals surface area contributed by atoms with E-state index in [1.165, 1.54) is 10.8 Å². The van der Waals surface area contributed by atoms with Gasteiger partial charge in [-0.15, -0.1) is 0 Å². The molecule has 1 N–H and O–H groups in total. The molecule has 9 rings (SSSR count). The number of aromatic hydroxyl groups is 1. The zero-order valence-electron chi connectivity index (χ0n) is 26.2. The maximum atomic E-state index is 11.7. The van der Waals surface area contributed by atoms with Gasteiger partial charge in [0.15, 0.2) is 11.4 Å². The van der Waals surface area contributed by atoms with E-state index in [4.69, 9.17) is 13.1 Å². The van der Waals surface area contributed by atoms with E-state index in [1.807, 2.05) is 66.7 Å². The first-order chi connectivity index (χ1) is 24.1. The van der Waals surface area contributed by atoms with E-state index in [9.17, 15) is 5.11 Å². The van der Waals surface area contributed by atoms with Gasteiger partial charge in [-0.05, 0) is 77.2 Å². The average Bonchev–Trinajstić information content (AvgIpc) is 3.67. The lowest BCUT2D eigenvalue weighted by Gasteiger charge is -2.16. The molecule has 0 aliphatic heterocycles. The van der Waals surface area contributed by atoms with Crippen molar-refractivity contribution in [3.8, 4) is 39.4 Å². The Morgan fingerprint density at radius 1 is 0.429 bits per heavy atom. The first kappa shape index (κ1) is 28.2. The van der Waals surface area contributed by atoms with Crippen molar-refractivity contribution in [2.24, 2.45) is 0 Å². The van der Waals surface area contributed by atoms with Crippen LogP contribution in [-0.4, -0.2) is 14.2 Å². The number of aromatic nitrogens is 2. The van der Waals surface area contributed by atoms with Crippen molar-refractivity contribution in [2.45, 2.75) is 0 Å². The Bertz CT molecular complexity index is 2820. The molecule has 2 heterocycles. The zero-order chi connectivity index (χ0) is 33.1. The molecule has 0 amide bonds. The third-order valence-electron chi connectivity index (χ3n) is 9.44. The molecule has 9 aromatic rings. The summed E-state index contributed by atoms with van der Waals surface area (Å²) in [7, 11) is 0. The number of nitrogens with zero attached hydrogens (tertiary/aromatic N) is 4. The quantitative estimate of drug-likeness (QED) is 0.194. The molecular formula is C44H26N4O. The van der Waals surface area contributed by atoms with Crippen LogP contribution in [0.4, 0.5) is 11.4 Å². The van der Waals surface area contributed by atoms with E-state index in [2.05, 4.69) is 97.7 Å². The van der Waals surface area contributed by atoms with Crippen LogP contribution in [0, 0.1) is 13.1 Å². The van der Waals surface area contributed by atoms with E-state index < -0.39 is 0 Å². The van der Waals surface area contributed by atoms with E-state index in [1.54, 1.807) is 6.07 Å². The summed E-state index contributed by atoms with van der Waals surface area (Å²) in [4.78, 5) is 7.40. The van der Waals surface area contributed by atoms with Crippen LogP contribution in [0.5, 0.6) is 5.75 Å². The third kappa shape index (κ3) is 4.38. The van der Waals surface area contributed by atoms with E-state index >= 15 is 0 Å². The summed E-state index contributed by atoms with van der Waals surface area (Å²) in [5.74, 6) is 0.146. The standard InChI is InChI=1S/C44H26N4O/c1-45-30-20-23-42-38(26-30)35-14-5-8-17-41(35)48(42)43-27-31(46-2)19-22-36(43)37-21-18-29(25-44(37)49)28-10-9-11-32(24-28)47-39-15-6-3-12-33(39)34-13-4-7-16-40(34)47/h3-27,49H. The first-order valence-corrected chi connectivity index (χ1v) is 16.0. The van der Waals surface area contributed by atoms with Gasteiger partial charge in [0.2, 0.25) is 0 Å². The largest absolute Gasteiger partial charge is 0.507 e. The Balaban J connectivity index is 1.19. The molecule has 5 heteroatoms. The average molecular weight is 627 g/mol. The lowest BCUT2D eigenvalue weighted by atomic mass is 9.97. The molecule has 0 aliphatic carbocycles. The molecule has 0 fully saturated rings. The van der Waals surface area contributed by atoms with Crippen molar-refractivity contribution >= 4 is 55.0 Å². The summed E-state index contributed by atoms with van der Waals surface area (Å²) in [5.41, 5.74) is 10.4. The molecular weight excluding hydrogens is 601 g/mol. The summed E-state index contributed by atoms with van der Waals surface area (Å²) in [6.45, 7) is 15.3. The van der Waals surface area contributed by atoms with E-state index in [0.29, 0.717) is 16.9 Å². The normalized spacial score (nSPS) is 11.3. The number of fused-ring (bicyclic) bond motifs is 6. The van der Waals surface area contributed by atoms with Gasteiger partial charge >= 0.3 is 0 Å². The van der Waals surface area contributed by atoms with Crippen LogP contribution in [0.15, 0.2) is 152 Å². The van der Waals surface area contributed by atoms with Crippen molar-refractivity contribution in [1.29, 1.82) is 0 Å². The van der Waals surface area contributed by atoms with Crippen molar-refractivity contribution < 1.29 is 5.11 Å². The fraction of sp³-hybridized carbons (Fsp3) is 0. The number of para-hydroxylation sites is 3. The van der Waals surface area contributed by atoms with Gasteiger partial charge in [0.25, 0.3) is 0 Å². The topological polar surface area (TPSA) is 38.8 Å². The molecule has 228 valence electrons. The minimum Gasteiger partial charge on any atom is -0.507 e. The maximum Gasteiger partial charge on any atom is 0.189 e. The van der Waals surface area contributed by atoms with Crippen molar-refractivity contribution in [3.05, 3.63) is 174 Å². The fourth-order valence-corrected chi connectivity index (χ4v) is 7.26. The summed E-state index contributed by atoms with van der Waals surface area (Å²) in [5, 5.41) is 16.1. The molecule has 49 heavy (non-hydrogen) atoms. The summed E-state index contributed by atoms with van der Waals surface area (Å²) >= 11 is 0. The summed E-state index contributed by atoms with van der Waals surface area (Å²) in [6.07, 6.45) is 0. The van der Waals surface area contributed by atoms with Gasteiger partial charge < -0.3 is 14.2 Å². The predicted molar refractivity (Wildman–Crippen MR) is 200 cm³/mol. The molecule has 2 aromatic heterocycles. The van der Waals surface area contributed by atoms with Crippen molar-refractivity contribution in [3.63, 3.8) is 0 Å². The van der Waals surface area contributed by atoms with Gasteiger partial charge in [-0.3, -0.25) is 0 Å². The number of rotatable bonds is 4. The van der Waals surface area contributed by atoms with Crippen LogP contribution in [0.3, 0.4) is 0 Å². The smallest absolute Gasteiger partial charge is 0.189 e. The SMILES string of the molecule is [C-]#[N+]c1ccc(-c2ccc(-c3cccc(-n4c5ccccc5c5ccccc54)c3)cc2O)c(-n2c3ccccc3c3cc([N+]#[C-])ccc32)c1. The highest BCUT2D eigenvalue weighted by atomic mass is 16.3. The third-order valence-corrected chi connectivity index (χ3v) is 9.44. The Kier molecular flexibility index (Phi) is 6.34. The van der Waals surface area contributed by atoms with Crippen LogP contribution < -0.4 is 0 Å². The van der Waals surface area contributed by atoms with E-state index in [-0.39, 0.29) is 5.75 Å². The zero-order valence-corrected chi connectivity index (χ0v) is 26.2. The molecule has 0 aliphatic rings.